The van der Waals surface area contributed by atoms with Crippen molar-refractivity contribution in [3.8, 4) is 5.75 Å². The number of esters is 1. The Morgan fingerprint density at radius 3 is 2.10 bits per heavy atom. The molecule has 0 aliphatic heterocycles. The standard InChI is InChI=1S/C20H16F2O7/c1-11(23)18(19(25)26)20(27)29-10-17(24)12-5-7-13(8-6-12)28-9-14-15(21)3-2-4-16(14)22/h2-8,18H,9-10H2,1H3,(H,25,26). The summed E-state index contributed by atoms with van der Waals surface area (Å²) in [6.45, 7) is -0.185. The smallest absolute Gasteiger partial charge is 0.328 e. The van der Waals surface area contributed by atoms with Crippen LogP contribution in [0.3, 0.4) is 0 Å². The fourth-order valence-corrected chi connectivity index (χ4v) is 2.31. The van der Waals surface area contributed by atoms with Crippen LogP contribution < -0.4 is 4.74 Å². The van der Waals surface area contributed by atoms with E-state index >= 15 is 0 Å². The maximum atomic E-state index is 13.6. The highest BCUT2D eigenvalue weighted by atomic mass is 19.1. The fourth-order valence-electron chi connectivity index (χ4n) is 2.31. The summed E-state index contributed by atoms with van der Waals surface area (Å²) in [5.41, 5.74) is -0.116. The first-order valence-electron chi connectivity index (χ1n) is 8.29. The first kappa shape index (κ1) is 21.7. The molecule has 7 nitrogen and oxygen atoms in total. The van der Waals surface area contributed by atoms with Gasteiger partial charge >= 0.3 is 11.9 Å². The average molecular weight is 406 g/mol. The number of Topliss-reactive ketones (excluding diaryl/α,β-unsaturated/α-hetero) is 2. The maximum Gasteiger partial charge on any atom is 0.328 e. The van der Waals surface area contributed by atoms with Gasteiger partial charge in [0.15, 0.2) is 18.2 Å². The predicted octanol–water partition coefficient (Wildman–Crippen LogP) is 2.56. The zero-order valence-corrected chi connectivity index (χ0v) is 15.2. The van der Waals surface area contributed by atoms with E-state index in [4.69, 9.17) is 9.84 Å². The Labute approximate surface area is 163 Å². The van der Waals surface area contributed by atoms with Crippen LogP contribution in [-0.2, 0) is 25.7 Å². The summed E-state index contributed by atoms with van der Waals surface area (Å²) in [5.74, 6) is -7.79. The second-order valence-corrected chi connectivity index (χ2v) is 5.93. The van der Waals surface area contributed by atoms with Crippen LogP contribution in [0.1, 0.15) is 22.8 Å². The van der Waals surface area contributed by atoms with E-state index in [1.807, 2.05) is 0 Å². The molecule has 0 saturated carbocycles. The van der Waals surface area contributed by atoms with Gasteiger partial charge in [-0.3, -0.25) is 19.2 Å². The number of hydrogen-bond donors (Lipinski definition) is 1. The maximum absolute atomic E-state index is 13.6. The van der Waals surface area contributed by atoms with Crippen molar-refractivity contribution in [2.75, 3.05) is 6.61 Å². The zero-order chi connectivity index (χ0) is 21.6. The molecule has 0 saturated heterocycles. The molecule has 9 heteroatoms. The topological polar surface area (TPSA) is 107 Å². The summed E-state index contributed by atoms with van der Waals surface area (Å²) in [7, 11) is 0. The number of carboxylic acid groups (broad SMARTS) is 1. The van der Waals surface area contributed by atoms with Crippen molar-refractivity contribution in [1.82, 2.24) is 0 Å². The lowest BCUT2D eigenvalue weighted by molar-refractivity contribution is -0.160. The summed E-state index contributed by atoms with van der Waals surface area (Å²) in [6.07, 6.45) is 0. The lowest BCUT2D eigenvalue weighted by Crippen LogP contribution is -2.32. The third-order valence-electron chi connectivity index (χ3n) is 3.86. The summed E-state index contributed by atoms with van der Waals surface area (Å²) in [6, 6.07) is 8.87. The second-order valence-electron chi connectivity index (χ2n) is 5.93. The van der Waals surface area contributed by atoms with E-state index in [-0.39, 0.29) is 23.5 Å². The fraction of sp³-hybridized carbons (Fsp3) is 0.200. The van der Waals surface area contributed by atoms with Crippen molar-refractivity contribution in [2.45, 2.75) is 13.5 Å². The number of hydrogen-bond acceptors (Lipinski definition) is 6. The van der Waals surface area contributed by atoms with Gasteiger partial charge < -0.3 is 14.6 Å². The zero-order valence-electron chi connectivity index (χ0n) is 15.2. The molecule has 1 atom stereocenters. The van der Waals surface area contributed by atoms with Gasteiger partial charge in [0.25, 0.3) is 0 Å². The van der Waals surface area contributed by atoms with E-state index in [1.165, 1.54) is 30.3 Å². The second kappa shape index (κ2) is 9.54. The number of carbonyl (C=O) groups is 4. The Morgan fingerprint density at radius 2 is 1.59 bits per heavy atom. The van der Waals surface area contributed by atoms with E-state index in [9.17, 15) is 28.0 Å². The number of ketones is 2. The number of aliphatic carboxylic acids is 1. The molecule has 1 unspecified atom stereocenters. The molecule has 0 aliphatic rings. The molecule has 0 heterocycles. The Kier molecular flexibility index (Phi) is 7.13. The predicted molar refractivity (Wildman–Crippen MR) is 94.2 cm³/mol. The van der Waals surface area contributed by atoms with Crippen LogP contribution >= 0.6 is 0 Å². The quantitative estimate of drug-likeness (QED) is 0.387. The molecule has 0 aliphatic carbocycles. The first-order valence-corrected chi connectivity index (χ1v) is 8.29. The monoisotopic (exact) mass is 406 g/mol. The van der Waals surface area contributed by atoms with Gasteiger partial charge in [-0.1, -0.05) is 6.07 Å². The highest BCUT2D eigenvalue weighted by Crippen LogP contribution is 2.18. The summed E-state index contributed by atoms with van der Waals surface area (Å²) in [5, 5.41) is 8.83. The van der Waals surface area contributed by atoms with Gasteiger partial charge in [0.2, 0.25) is 5.92 Å². The van der Waals surface area contributed by atoms with Gasteiger partial charge in [0.05, 0.1) is 5.56 Å². The number of ether oxygens (including phenoxy) is 2. The number of halogens is 2. The van der Waals surface area contributed by atoms with E-state index in [0.717, 1.165) is 19.1 Å². The van der Waals surface area contributed by atoms with E-state index < -0.39 is 47.7 Å². The SMILES string of the molecule is CC(=O)C(C(=O)O)C(=O)OCC(=O)c1ccc(OCc2c(F)cccc2F)cc1. The van der Waals surface area contributed by atoms with Crippen molar-refractivity contribution >= 4 is 23.5 Å². The summed E-state index contributed by atoms with van der Waals surface area (Å²) < 4.78 is 37.0. The third kappa shape index (κ3) is 5.68. The highest BCUT2D eigenvalue weighted by molar-refractivity contribution is 6.14. The van der Waals surface area contributed by atoms with Gasteiger partial charge in [-0.15, -0.1) is 0 Å². The normalized spacial score (nSPS) is 11.4. The minimum atomic E-state index is -1.99. The van der Waals surface area contributed by atoms with Crippen LogP contribution in [0.15, 0.2) is 42.5 Å². The average Bonchev–Trinajstić information content (AvgIpc) is 2.65. The number of benzene rings is 2. The van der Waals surface area contributed by atoms with Crippen LogP contribution in [0.4, 0.5) is 8.78 Å². The third-order valence-corrected chi connectivity index (χ3v) is 3.86. The lowest BCUT2D eigenvalue weighted by atomic mass is 10.1. The van der Waals surface area contributed by atoms with Crippen molar-refractivity contribution in [3.63, 3.8) is 0 Å². The van der Waals surface area contributed by atoms with Gasteiger partial charge in [-0.25, -0.2) is 8.78 Å². The molecule has 152 valence electrons. The van der Waals surface area contributed by atoms with Gasteiger partial charge in [0.1, 0.15) is 24.0 Å². The minimum absolute atomic E-state index is 0.122. The van der Waals surface area contributed by atoms with Crippen LogP contribution in [0.25, 0.3) is 0 Å². The van der Waals surface area contributed by atoms with E-state index in [0.29, 0.717) is 0 Å². The Bertz CT molecular complexity index is 904. The van der Waals surface area contributed by atoms with Gasteiger partial charge in [-0.05, 0) is 43.3 Å². The van der Waals surface area contributed by atoms with E-state index in [1.54, 1.807) is 0 Å². The number of carboxylic acids is 1. The highest BCUT2D eigenvalue weighted by Gasteiger charge is 2.33. The molecule has 2 aromatic rings. The minimum Gasteiger partial charge on any atom is -0.489 e. The van der Waals surface area contributed by atoms with Crippen LogP contribution in [-0.4, -0.2) is 35.2 Å². The molecule has 0 radical (unpaired) electrons. The molecular weight excluding hydrogens is 390 g/mol. The van der Waals surface area contributed by atoms with E-state index in [2.05, 4.69) is 4.74 Å². The molecule has 1 N–H and O–H groups in total. The van der Waals surface area contributed by atoms with Crippen LogP contribution in [0, 0.1) is 17.6 Å². The Morgan fingerprint density at radius 1 is 1.00 bits per heavy atom. The van der Waals surface area contributed by atoms with Gasteiger partial charge in [0, 0.05) is 5.56 Å². The molecule has 2 aromatic carbocycles. The van der Waals surface area contributed by atoms with Crippen molar-refractivity contribution in [3.05, 3.63) is 65.2 Å². The molecule has 0 spiro atoms. The molecule has 0 aromatic heterocycles. The van der Waals surface area contributed by atoms with Crippen LogP contribution in [0.5, 0.6) is 5.75 Å². The first-order chi connectivity index (χ1) is 13.7. The summed E-state index contributed by atoms with van der Waals surface area (Å²) >= 11 is 0. The Hall–Kier alpha value is -3.62. The Balaban J connectivity index is 1.94. The van der Waals surface area contributed by atoms with Gasteiger partial charge in [-0.2, -0.15) is 0 Å². The molecule has 2 rings (SSSR count). The molecule has 0 fully saturated rings. The molecule has 29 heavy (non-hydrogen) atoms. The van der Waals surface area contributed by atoms with Crippen LogP contribution in [0.2, 0.25) is 0 Å². The van der Waals surface area contributed by atoms with Crippen molar-refractivity contribution < 1.29 is 42.5 Å². The number of rotatable bonds is 9. The van der Waals surface area contributed by atoms with Crippen molar-refractivity contribution in [1.29, 1.82) is 0 Å². The molecular formula is C20H16F2O7. The lowest BCUT2D eigenvalue weighted by Gasteiger charge is -2.10. The largest absolute Gasteiger partial charge is 0.489 e. The molecule has 0 amide bonds. The summed E-state index contributed by atoms with van der Waals surface area (Å²) in [4.78, 5) is 45.7. The molecule has 0 bridgehead atoms. The van der Waals surface area contributed by atoms with Crippen molar-refractivity contribution in [2.24, 2.45) is 5.92 Å². The number of carbonyl (C=O) groups excluding carboxylic acids is 3.